The maximum absolute atomic E-state index is 11.3. The Hall–Kier alpha value is -2.20. The summed E-state index contributed by atoms with van der Waals surface area (Å²) in [5, 5.41) is 19.1. The number of ether oxygens (including phenoxy) is 1. The molecule has 1 atom stereocenters. The molecule has 0 saturated carbocycles. The second kappa shape index (κ2) is 6.30. The fourth-order valence-electron chi connectivity index (χ4n) is 1.79. The Kier molecular flexibility index (Phi) is 4.48. The molecule has 2 aromatic rings. The average Bonchev–Trinajstić information content (AvgIpc) is 2.38. The largest absolute Gasteiger partial charge is 0.508 e. The summed E-state index contributed by atoms with van der Waals surface area (Å²) < 4.78 is 5.42. The molecule has 2 rings (SSSR count). The van der Waals surface area contributed by atoms with Gasteiger partial charge >= 0.3 is 5.97 Å². The van der Waals surface area contributed by atoms with E-state index < -0.39 is 11.9 Å². The number of carboxylic acid groups (broad SMARTS) is 1. The molecule has 0 spiro atoms. The SMILES string of the molecule is O=C(O)C(COc1cccc(O)c1)c1cccc(Cl)c1. The lowest BCUT2D eigenvalue weighted by atomic mass is 10.0. The third kappa shape index (κ3) is 3.65. The van der Waals surface area contributed by atoms with Crippen molar-refractivity contribution in [1.29, 1.82) is 0 Å². The molecular formula is C15H13ClO4. The molecule has 0 amide bonds. The molecule has 0 aromatic heterocycles. The van der Waals surface area contributed by atoms with Gasteiger partial charge in [0.15, 0.2) is 0 Å². The van der Waals surface area contributed by atoms with Gasteiger partial charge in [0.1, 0.15) is 24.0 Å². The quantitative estimate of drug-likeness (QED) is 0.887. The summed E-state index contributed by atoms with van der Waals surface area (Å²) in [5.74, 6) is -1.33. The van der Waals surface area contributed by atoms with Crippen LogP contribution in [0.1, 0.15) is 11.5 Å². The smallest absolute Gasteiger partial charge is 0.314 e. The lowest BCUT2D eigenvalue weighted by molar-refractivity contribution is -0.139. The first-order chi connectivity index (χ1) is 9.56. The van der Waals surface area contributed by atoms with Crippen LogP contribution in [0, 0.1) is 0 Å². The zero-order chi connectivity index (χ0) is 14.5. The van der Waals surface area contributed by atoms with Crippen molar-refractivity contribution in [3.8, 4) is 11.5 Å². The van der Waals surface area contributed by atoms with E-state index in [2.05, 4.69) is 0 Å². The van der Waals surface area contributed by atoms with Crippen LogP contribution in [-0.4, -0.2) is 22.8 Å². The lowest BCUT2D eigenvalue weighted by Crippen LogP contribution is -2.19. The van der Waals surface area contributed by atoms with Crippen LogP contribution in [0.25, 0.3) is 0 Å². The topological polar surface area (TPSA) is 66.8 Å². The van der Waals surface area contributed by atoms with E-state index in [4.69, 9.17) is 16.3 Å². The van der Waals surface area contributed by atoms with Crippen molar-refractivity contribution in [3.05, 3.63) is 59.1 Å². The van der Waals surface area contributed by atoms with Crippen molar-refractivity contribution in [2.45, 2.75) is 5.92 Å². The monoisotopic (exact) mass is 292 g/mol. The number of hydrogen-bond donors (Lipinski definition) is 2. The summed E-state index contributed by atoms with van der Waals surface area (Å²) in [4.78, 5) is 11.3. The Labute approximate surface area is 121 Å². The van der Waals surface area contributed by atoms with Gasteiger partial charge in [-0.25, -0.2) is 0 Å². The molecule has 0 fully saturated rings. The predicted octanol–water partition coefficient (Wildman–Crippen LogP) is 3.29. The van der Waals surface area contributed by atoms with Crippen molar-refractivity contribution >= 4 is 17.6 Å². The maximum atomic E-state index is 11.3. The summed E-state index contributed by atoms with van der Waals surface area (Å²) in [6.07, 6.45) is 0. The summed E-state index contributed by atoms with van der Waals surface area (Å²) in [6.45, 7) is -0.0425. The number of phenols is 1. The van der Waals surface area contributed by atoms with E-state index in [-0.39, 0.29) is 12.4 Å². The van der Waals surface area contributed by atoms with Gasteiger partial charge in [-0.15, -0.1) is 0 Å². The summed E-state index contributed by atoms with van der Waals surface area (Å²) in [6, 6.07) is 12.9. The van der Waals surface area contributed by atoms with Crippen LogP contribution in [-0.2, 0) is 4.79 Å². The highest BCUT2D eigenvalue weighted by molar-refractivity contribution is 6.30. The number of halogens is 1. The number of rotatable bonds is 5. The zero-order valence-corrected chi connectivity index (χ0v) is 11.2. The minimum absolute atomic E-state index is 0.0425. The fraction of sp³-hybridized carbons (Fsp3) is 0.133. The average molecular weight is 293 g/mol. The molecule has 0 aliphatic rings. The number of carboxylic acids is 1. The Bertz CT molecular complexity index is 612. The first-order valence-corrected chi connectivity index (χ1v) is 6.34. The van der Waals surface area contributed by atoms with E-state index in [0.29, 0.717) is 16.3 Å². The first kappa shape index (κ1) is 14.2. The van der Waals surface area contributed by atoms with Crippen molar-refractivity contribution in [2.24, 2.45) is 0 Å². The molecule has 0 radical (unpaired) electrons. The molecule has 20 heavy (non-hydrogen) atoms. The number of carbonyl (C=O) groups is 1. The second-order valence-electron chi connectivity index (χ2n) is 4.25. The maximum Gasteiger partial charge on any atom is 0.314 e. The molecule has 5 heteroatoms. The minimum atomic E-state index is -0.993. The molecule has 1 unspecified atom stereocenters. The summed E-state index contributed by atoms with van der Waals surface area (Å²) >= 11 is 5.86. The zero-order valence-electron chi connectivity index (χ0n) is 10.5. The van der Waals surface area contributed by atoms with Crippen molar-refractivity contribution in [1.82, 2.24) is 0 Å². The number of benzene rings is 2. The van der Waals surface area contributed by atoms with Gasteiger partial charge < -0.3 is 14.9 Å². The molecule has 0 saturated heterocycles. The van der Waals surface area contributed by atoms with Gasteiger partial charge in [-0.2, -0.15) is 0 Å². The molecule has 4 nitrogen and oxygen atoms in total. The van der Waals surface area contributed by atoms with E-state index in [1.165, 1.54) is 12.1 Å². The van der Waals surface area contributed by atoms with Gasteiger partial charge in [-0.3, -0.25) is 4.79 Å². The van der Waals surface area contributed by atoms with Crippen molar-refractivity contribution < 1.29 is 19.7 Å². The molecule has 2 N–H and O–H groups in total. The van der Waals surface area contributed by atoms with Crippen molar-refractivity contribution in [3.63, 3.8) is 0 Å². The van der Waals surface area contributed by atoms with Crippen LogP contribution in [0.5, 0.6) is 11.5 Å². The summed E-state index contributed by atoms with van der Waals surface area (Å²) in [7, 11) is 0. The fourth-order valence-corrected chi connectivity index (χ4v) is 1.99. The van der Waals surface area contributed by atoms with E-state index in [9.17, 15) is 15.0 Å². The molecule has 2 aromatic carbocycles. The van der Waals surface area contributed by atoms with Gasteiger partial charge in [0.2, 0.25) is 0 Å². The van der Waals surface area contributed by atoms with E-state index in [0.717, 1.165) is 0 Å². The van der Waals surface area contributed by atoms with Crippen LogP contribution < -0.4 is 4.74 Å². The van der Waals surface area contributed by atoms with Gasteiger partial charge in [0.25, 0.3) is 0 Å². The molecule has 104 valence electrons. The van der Waals surface area contributed by atoms with Gasteiger partial charge in [-0.05, 0) is 29.8 Å². The van der Waals surface area contributed by atoms with Crippen LogP contribution in [0.3, 0.4) is 0 Å². The van der Waals surface area contributed by atoms with Crippen LogP contribution in [0.4, 0.5) is 0 Å². The second-order valence-corrected chi connectivity index (χ2v) is 4.69. The predicted molar refractivity (Wildman–Crippen MR) is 75.4 cm³/mol. The Morgan fingerprint density at radius 3 is 2.60 bits per heavy atom. The van der Waals surface area contributed by atoms with Crippen LogP contribution in [0.2, 0.25) is 5.02 Å². The molecule has 0 bridgehead atoms. The van der Waals surface area contributed by atoms with E-state index >= 15 is 0 Å². The lowest BCUT2D eigenvalue weighted by Gasteiger charge is -2.14. The molecule has 0 heterocycles. The molecule has 0 aliphatic carbocycles. The van der Waals surface area contributed by atoms with Crippen molar-refractivity contribution in [2.75, 3.05) is 6.61 Å². The summed E-state index contributed by atoms with van der Waals surface area (Å²) in [5.41, 5.74) is 0.574. The third-order valence-corrected chi connectivity index (χ3v) is 3.02. The highest BCUT2D eigenvalue weighted by Crippen LogP contribution is 2.23. The van der Waals surface area contributed by atoms with Gasteiger partial charge in [0.05, 0.1) is 0 Å². The number of aromatic hydroxyl groups is 1. The Balaban J connectivity index is 2.13. The molecular weight excluding hydrogens is 280 g/mol. The molecule has 0 aliphatic heterocycles. The van der Waals surface area contributed by atoms with Gasteiger partial charge in [-0.1, -0.05) is 29.8 Å². The highest BCUT2D eigenvalue weighted by Gasteiger charge is 2.21. The Morgan fingerprint density at radius 2 is 1.95 bits per heavy atom. The first-order valence-electron chi connectivity index (χ1n) is 5.96. The Morgan fingerprint density at radius 1 is 1.20 bits per heavy atom. The van der Waals surface area contributed by atoms with E-state index in [1.807, 2.05) is 0 Å². The standard InChI is InChI=1S/C15H13ClO4/c16-11-4-1-3-10(7-11)14(15(18)19)9-20-13-6-2-5-12(17)8-13/h1-8,14,17H,9H2,(H,18,19). The minimum Gasteiger partial charge on any atom is -0.508 e. The van der Waals surface area contributed by atoms with Crippen LogP contribution >= 0.6 is 11.6 Å². The normalized spacial score (nSPS) is 11.8. The number of phenolic OH excluding ortho intramolecular Hbond substituents is 1. The van der Waals surface area contributed by atoms with E-state index in [1.54, 1.807) is 36.4 Å². The van der Waals surface area contributed by atoms with Gasteiger partial charge in [0, 0.05) is 11.1 Å². The number of aliphatic carboxylic acids is 1. The van der Waals surface area contributed by atoms with Crippen LogP contribution in [0.15, 0.2) is 48.5 Å². The number of hydrogen-bond acceptors (Lipinski definition) is 3. The highest BCUT2D eigenvalue weighted by atomic mass is 35.5. The third-order valence-electron chi connectivity index (χ3n) is 2.78.